The van der Waals surface area contributed by atoms with E-state index in [1.54, 1.807) is 30.3 Å². The van der Waals surface area contributed by atoms with Crippen molar-refractivity contribution < 1.29 is 17.9 Å². The highest BCUT2D eigenvalue weighted by Crippen LogP contribution is 2.26. The van der Waals surface area contributed by atoms with Crippen molar-refractivity contribution in [2.75, 3.05) is 10.8 Å². The molecule has 1 N–H and O–H groups in total. The number of hydrazone groups is 1. The van der Waals surface area contributed by atoms with Crippen molar-refractivity contribution in [2.45, 2.75) is 25.3 Å². The van der Waals surface area contributed by atoms with Gasteiger partial charge in [0.25, 0.3) is 15.9 Å². The number of carbonyl (C=O) groups is 1. The van der Waals surface area contributed by atoms with Crippen molar-refractivity contribution in [2.24, 2.45) is 5.10 Å². The number of nitrogens with zero attached hydrogens (tertiary/aromatic N) is 2. The molecule has 0 heterocycles. The topological polar surface area (TPSA) is 88.1 Å². The maximum Gasteiger partial charge on any atom is 0.264 e. The van der Waals surface area contributed by atoms with Crippen LogP contribution in [-0.2, 0) is 21.4 Å². The zero-order valence-electron chi connectivity index (χ0n) is 23.4. The van der Waals surface area contributed by atoms with E-state index in [4.69, 9.17) is 4.74 Å². The number of benzene rings is 5. The lowest BCUT2D eigenvalue weighted by atomic mass is 10.1. The van der Waals surface area contributed by atoms with Crippen LogP contribution in [0.4, 0.5) is 5.69 Å². The van der Waals surface area contributed by atoms with E-state index in [0.717, 1.165) is 31.9 Å². The monoisotopic (exact) mass is 577 g/mol. The van der Waals surface area contributed by atoms with Crippen molar-refractivity contribution in [3.63, 3.8) is 0 Å². The van der Waals surface area contributed by atoms with Crippen LogP contribution in [0.15, 0.2) is 125 Å². The summed E-state index contributed by atoms with van der Waals surface area (Å²) in [6.45, 7) is 3.77. The quantitative estimate of drug-likeness (QED) is 0.154. The first-order valence-corrected chi connectivity index (χ1v) is 14.9. The summed E-state index contributed by atoms with van der Waals surface area (Å²) >= 11 is 0. The zero-order valence-corrected chi connectivity index (χ0v) is 24.2. The summed E-state index contributed by atoms with van der Waals surface area (Å²) in [5, 5.41) is 6.38. The standard InChI is InChI=1S/C34H31N3O4S/c1-25-19-26(2)21-30(20-25)37(42(39,40)32-12-4-3-5-13-32)23-34(38)36-35-22-27-15-17-31(18-16-27)41-24-29-11-8-10-28-9-6-7-14-33(28)29/h3-22H,23-24H2,1-2H3,(H,36,38)/b35-22-. The number of anilines is 1. The first kappa shape index (κ1) is 28.6. The van der Waals surface area contributed by atoms with E-state index >= 15 is 0 Å². The fourth-order valence-corrected chi connectivity index (χ4v) is 6.13. The highest BCUT2D eigenvalue weighted by atomic mass is 32.2. The molecule has 1 amide bonds. The van der Waals surface area contributed by atoms with Crippen LogP contribution in [0.1, 0.15) is 22.3 Å². The smallest absolute Gasteiger partial charge is 0.264 e. The first-order chi connectivity index (χ1) is 20.3. The van der Waals surface area contributed by atoms with Crippen molar-refractivity contribution >= 4 is 38.6 Å². The molecule has 0 radical (unpaired) electrons. The Morgan fingerprint density at radius 2 is 1.50 bits per heavy atom. The third-order valence-electron chi connectivity index (χ3n) is 6.67. The normalized spacial score (nSPS) is 11.5. The zero-order chi connectivity index (χ0) is 29.5. The molecule has 5 aromatic rings. The average Bonchev–Trinajstić information content (AvgIpc) is 2.99. The Bertz CT molecular complexity index is 1810. The molecule has 5 rings (SSSR count). The van der Waals surface area contributed by atoms with E-state index in [9.17, 15) is 13.2 Å². The second kappa shape index (κ2) is 12.7. The molecule has 42 heavy (non-hydrogen) atoms. The Labute approximate surface area is 246 Å². The molecule has 0 saturated heterocycles. The number of hydrogen-bond donors (Lipinski definition) is 1. The molecule has 0 fully saturated rings. The Balaban J connectivity index is 1.23. The summed E-state index contributed by atoms with van der Waals surface area (Å²) in [4.78, 5) is 13.0. The molecule has 5 aromatic carbocycles. The molecule has 212 valence electrons. The van der Waals surface area contributed by atoms with Crippen LogP contribution in [0.3, 0.4) is 0 Å². The third-order valence-corrected chi connectivity index (χ3v) is 8.46. The molecule has 0 aliphatic carbocycles. The van der Waals surface area contributed by atoms with Crippen LogP contribution < -0.4 is 14.5 Å². The predicted molar refractivity (Wildman–Crippen MR) is 167 cm³/mol. The van der Waals surface area contributed by atoms with Crippen LogP contribution in [0.25, 0.3) is 10.8 Å². The van der Waals surface area contributed by atoms with E-state index < -0.39 is 22.5 Å². The summed E-state index contributed by atoms with van der Waals surface area (Å²) in [6, 6.07) is 35.2. The first-order valence-electron chi connectivity index (χ1n) is 13.5. The molecule has 0 aliphatic rings. The van der Waals surface area contributed by atoms with Crippen molar-refractivity contribution in [3.8, 4) is 5.75 Å². The second-order valence-electron chi connectivity index (χ2n) is 9.96. The summed E-state index contributed by atoms with van der Waals surface area (Å²) in [5.74, 6) is 0.138. The summed E-state index contributed by atoms with van der Waals surface area (Å²) in [6.07, 6.45) is 1.50. The summed E-state index contributed by atoms with van der Waals surface area (Å²) in [5.41, 5.74) is 6.50. The van der Waals surface area contributed by atoms with E-state index in [0.29, 0.717) is 18.0 Å². The van der Waals surface area contributed by atoms with Crippen molar-refractivity contribution in [3.05, 3.63) is 138 Å². The lowest BCUT2D eigenvalue weighted by molar-refractivity contribution is -0.119. The van der Waals surface area contributed by atoms with Gasteiger partial charge in [0.15, 0.2) is 0 Å². The van der Waals surface area contributed by atoms with Gasteiger partial charge in [0.05, 0.1) is 16.8 Å². The van der Waals surface area contributed by atoms with Gasteiger partial charge in [-0.2, -0.15) is 5.10 Å². The minimum atomic E-state index is -4.00. The van der Waals surface area contributed by atoms with Crippen LogP contribution in [0.5, 0.6) is 5.75 Å². The average molecular weight is 578 g/mol. The number of hydrogen-bond acceptors (Lipinski definition) is 5. The Morgan fingerprint density at radius 3 is 2.24 bits per heavy atom. The van der Waals surface area contributed by atoms with Gasteiger partial charge >= 0.3 is 0 Å². The predicted octanol–water partition coefficient (Wildman–Crippen LogP) is 6.38. The van der Waals surface area contributed by atoms with Gasteiger partial charge in [-0.15, -0.1) is 0 Å². The minimum absolute atomic E-state index is 0.100. The van der Waals surface area contributed by atoms with E-state index in [2.05, 4.69) is 34.8 Å². The van der Waals surface area contributed by atoms with Crippen molar-refractivity contribution in [1.82, 2.24) is 5.43 Å². The van der Waals surface area contributed by atoms with Gasteiger partial charge in [-0.3, -0.25) is 9.10 Å². The van der Waals surface area contributed by atoms with E-state index in [1.165, 1.54) is 23.7 Å². The molecule has 0 bridgehead atoms. The SMILES string of the molecule is Cc1cc(C)cc(N(CC(=O)N/N=C\c2ccc(OCc3cccc4ccccc34)cc2)S(=O)(=O)c2ccccc2)c1. The molecule has 0 unspecified atom stereocenters. The maximum atomic E-state index is 13.5. The van der Waals surface area contributed by atoms with Gasteiger partial charge in [-0.1, -0.05) is 66.7 Å². The van der Waals surface area contributed by atoms with Gasteiger partial charge in [0, 0.05) is 0 Å². The number of ether oxygens (including phenoxy) is 1. The highest BCUT2D eigenvalue weighted by Gasteiger charge is 2.27. The molecule has 8 heteroatoms. The minimum Gasteiger partial charge on any atom is -0.489 e. The van der Waals surface area contributed by atoms with Gasteiger partial charge < -0.3 is 4.74 Å². The number of sulfonamides is 1. The Morgan fingerprint density at radius 1 is 0.833 bits per heavy atom. The summed E-state index contributed by atoms with van der Waals surface area (Å²) < 4.78 is 34.1. The van der Waals surface area contributed by atoms with E-state index in [1.807, 2.05) is 62.4 Å². The summed E-state index contributed by atoms with van der Waals surface area (Å²) in [7, 11) is -4.00. The van der Waals surface area contributed by atoms with Crippen molar-refractivity contribution in [1.29, 1.82) is 0 Å². The lowest BCUT2D eigenvalue weighted by Crippen LogP contribution is -2.39. The number of nitrogens with one attached hydrogen (secondary N) is 1. The number of amides is 1. The van der Waals surface area contributed by atoms with E-state index in [-0.39, 0.29) is 4.90 Å². The Kier molecular flexibility index (Phi) is 8.64. The third kappa shape index (κ3) is 6.85. The molecular weight excluding hydrogens is 546 g/mol. The molecule has 7 nitrogen and oxygen atoms in total. The number of aryl methyl sites for hydroxylation is 2. The van der Waals surface area contributed by atoms with Crippen LogP contribution in [-0.4, -0.2) is 27.1 Å². The maximum absolute atomic E-state index is 13.5. The largest absolute Gasteiger partial charge is 0.489 e. The molecule has 0 aromatic heterocycles. The fraction of sp³-hybridized carbons (Fsp3) is 0.118. The molecular formula is C34H31N3O4S. The molecule has 0 aliphatic heterocycles. The second-order valence-corrected chi connectivity index (χ2v) is 11.8. The van der Waals surface area contributed by atoms with Crippen LogP contribution >= 0.6 is 0 Å². The highest BCUT2D eigenvalue weighted by molar-refractivity contribution is 7.92. The fourth-order valence-electron chi connectivity index (χ4n) is 4.70. The molecule has 0 saturated carbocycles. The van der Waals surface area contributed by atoms with Crippen LogP contribution in [0.2, 0.25) is 0 Å². The van der Waals surface area contributed by atoms with Gasteiger partial charge in [-0.25, -0.2) is 13.8 Å². The number of fused-ring (bicyclic) bond motifs is 1. The molecule has 0 spiro atoms. The van der Waals surface area contributed by atoms with Gasteiger partial charge in [-0.05, 0) is 95.4 Å². The lowest BCUT2D eigenvalue weighted by Gasteiger charge is -2.24. The van der Waals surface area contributed by atoms with Gasteiger partial charge in [0.2, 0.25) is 0 Å². The molecule has 0 atom stereocenters. The number of rotatable bonds is 10. The van der Waals surface area contributed by atoms with Gasteiger partial charge in [0.1, 0.15) is 18.9 Å². The Hall–Kier alpha value is -4.95. The number of carbonyl (C=O) groups excluding carboxylic acids is 1. The van der Waals surface area contributed by atoms with Crippen LogP contribution in [0, 0.1) is 13.8 Å².